The highest BCUT2D eigenvalue weighted by Gasteiger charge is 2.42. The number of amides is 2. The van der Waals surface area contributed by atoms with E-state index in [1.54, 1.807) is 6.07 Å². The third kappa shape index (κ3) is 4.78. The van der Waals surface area contributed by atoms with Gasteiger partial charge in [-0.25, -0.2) is 9.97 Å². The van der Waals surface area contributed by atoms with Crippen molar-refractivity contribution in [1.29, 1.82) is 0 Å². The summed E-state index contributed by atoms with van der Waals surface area (Å²) in [7, 11) is 0. The molecule has 1 atom stereocenters. The molecular weight excluding hydrogens is 430 g/mol. The molecule has 1 aromatic heterocycles. The third-order valence-electron chi connectivity index (χ3n) is 7.20. The van der Waals surface area contributed by atoms with Crippen LogP contribution < -0.4 is 9.80 Å². The van der Waals surface area contributed by atoms with Crippen molar-refractivity contribution in [2.75, 3.05) is 49.1 Å². The average Bonchev–Trinajstić information content (AvgIpc) is 3.08. The number of piperidine rings is 1. The lowest BCUT2D eigenvalue weighted by molar-refractivity contribution is -0.140. The number of carbonyl (C=O) groups is 2. The van der Waals surface area contributed by atoms with Crippen molar-refractivity contribution in [1.82, 2.24) is 14.9 Å². The van der Waals surface area contributed by atoms with Crippen LogP contribution in [0.5, 0.6) is 0 Å². The molecule has 1 aromatic carbocycles. The van der Waals surface area contributed by atoms with E-state index in [-0.39, 0.29) is 18.4 Å². The Labute approximate surface area is 200 Å². The predicted molar refractivity (Wildman–Crippen MR) is 130 cm³/mol. The first-order valence-electron chi connectivity index (χ1n) is 12.4. The van der Waals surface area contributed by atoms with E-state index in [0.717, 1.165) is 50.2 Å². The summed E-state index contributed by atoms with van der Waals surface area (Å²) in [5, 5.41) is 0. The Morgan fingerprint density at radius 3 is 2.56 bits per heavy atom. The molecule has 2 aromatic rings. The largest absolute Gasteiger partial charge is 0.363 e. The summed E-state index contributed by atoms with van der Waals surface area (Å²) in [6.07, 6.45) is 5.84. The summed E-state index contributed by atoms with van der Waals surface area (Å²) in [5.41, 5.74) is 1.75. The highest BCUT2D eigenvalue weighted by molar-refractivity contribution is 5.95. The minimum Gasteiger partial charge on any atom is -0.363 e. The van der Waals surface area contributed by atoms with Gasteiger partial charge in [0.25, 0.3) is 11.8 Å². The number of nitrogens with zero attached hydrogens (tertiary/aromatic N) is 5. The topological polar surface area (TPSA) is 78.9 Å². The number of anilines is 2. The normalized spacial score (nSPS) is 23.8. The summed E-state index contributed by atoms with van der Waals surface area (Å²) >= 11 is 0. The van der Waals surface area contributed by atoms with Crippen molar-refractivity contribution in [2.45, 2.75) is 51.0 Å². The number of hydrogen-bond donors (Lipinski definition) is 0. The summed E-state index contributed by atoms with van der Waals surface area (Å²) in [4.78, 5) is 41.2. The van der Waals surface area contributed by atoms with Crippen LogP contribution in [0.4, 0.5) is 11.6 Å². The number of hydrogen-bond acceptors (Lipinski definition) is 6. The van der Waals surface area contributed by atoms with E-state index >= 15 is 0 Å². The van der Waals surface area contributed by atoms with Crippen molar-refractivity contribution in [3.05, 3.63) is 47.8 Å². The van der Waals surface area contributed by atoms with Gasteiger partial charge in [-0.1, -0.05) is 18.2 Å². The molecule has 3 fully saturated rings. The third-order valence-corrected chi connectivity index (χ3v) is 7.20. The van der Waals surface area contributed by atoms with E-state index in [9.17, 15) is 9.59 Å². The Morgan fingerprint density at radius 1 is 0.971 bits per heavy atom. The van der Waals surface area contributed by atoms with E-state index in [4.69, 9.17) is 4.74 Å². The molecule has 5 rings (SSSR count). The van der Waals surface area contributed by atoms with Crippen LogP contribution in [0.25, 0.3) is 0 Å². The zero-order valence-electron chi connectivity index (χ0n) is 19.9. The first kappa shape index (κ1) is 22.8. The molecule has 3 aliphatic heterocycles. The Kier molecular flexibility index (Phi) is 6.50. The highest BCUT2D eigenvalue weighted by Crippen LogP contribution is 2.33. The molecule has 0 aliphatic carbocycles. The summed E-state index contributed by atoms with van der Waals surface area (Å²) < 4.78 is 6.14. The summed E-state index contributed by atoms with van der Waals surface area (Å²) in [6.45, 7) is 5.64. The lowest BCUT2D eigenvalue weighted by atomic mass is 9.92. The zero-order valence-corrected chi connectivity index (χ0v) is 19.9. The van der Waals surface area contributed by atoms with Gasteiger partial charge in [0.15, 0.2) is 0 Å². The lowest BCUT2D eigenvalue weighted by Crippen LogP contribution is -2.55. The van der Waals surface area contributed by atoms with Crippen molar-refractivity contribution < 1.29 is 14.3 Å². The Bertz CT molecular complexity index is 1040. The van der Waals surface area contributed by atoms with Crippen molar-refractivity contribution in [3.63, 3.8) is 0 Å². The number of ether oxygens (including phenoxy) is 1. The van der Waals surface area contributed by atoms with Gasteiger partial charge < -0.3 is 19.4 Å². The van der Waals surface area contributed by atoms with Gasteiger partial charge in [-0.2, -0.15) is 0 Å². The molecule has 0 radical (unpaired) electrons. The molecule has 3 aliphatic rings. The first-order valence-corrected chi connectivity index (χ1v) is 12.4. The number of carbonyl (C=O) groups excluding carboxylic acids is 2. The van der Waals surface area contributed by atoms with Crippen LogP contribution in [0.3, 0.4) is 0 Å². The van der Waals surface area contributed by atoms with E-state index in [2.05, 4.69) is 14.9 Å². The standard InChI is InChI=1S/C26H33N5O3/c1-20-17-22(28-25(27-20)30-13-6-3-7-14-30)24(33)29-15-8-11-26(12-16-29)19-31(23(32)18-34-26)21-9-4-2-5-10-21/h2,4-5,9-10,17H,3,6-8,11-16,18-19H2,1H3/t26-/m0/s1. The summed E-state index contributed by atoms with van der Waals surface area (Å²) in [6, 6.07) is 11.6. The number of rotatable bonds is 3. The second kappa shape index (κ2) is 9.70. The van der Waals surface area contributed by atoms with Crippen LogP contribution in [-0.4, -0.2) is 71.6 Å². The Morgan fingerprint density at radius 2 is 1.76 bits per heavy atom. The summed E-state index contributed by atoms with van der Waals surface area (Å²) in [5.74, 6) is 0.602. The van der Waals surface area contributed by atoms with Gasteiger partial charge in [-0.3, -0.25) is 9.59 Å². The number of aryl methyl sites for hydroxylation is 1. The number of morpholine rings is 1. The number of benzene rings is 1. The zero-order chi connectivity index (χ0) is 23.5. The fourth-order valence-corrected chi connectivity index (χ4v) is 5.29. The van der Waals surface area contributed by atoms with Gasteiger partial charge in [-0.15, -0.1) is 0 Å². The van der Waals surface area contributed by atoms with Crippen LogP contribution in [0.1, 0.15) is 54.7 Å². The Hall–Kier alpha value is -3.00. The van der Waals surface area contributed by atoms with Crippen molar-refractivity contribution in [3.8, 4) is 0 Å². The molecule has 34 heavy (non-hydrogen) atoms. The molecule has 8 nitrogen and oxygen atoms in total. The molecule has 0 N–H and O–H groups in total. The number of likely N-dealkylation sites (tertiary alicyclic amines) is 1. The SMILES string of the molecule is Cc1cc(C(=O)N2CCC[C@]3(CC2)CN(c2ccccc2)C(=O)CO3)nc(N2CCCCC2)n1. The smallest absolute Gasteiger partial charge is 0.272 e. The molecule has 0 bridgehead atoms. The number of aromatic nitrogens is 2. The van der Waals surface area contributed by atoms with Gasteiger partial charge in [0.2, 0.25) is 5.95 Å². The predicted octanol–water partition coefficient (Wildman–Crippen LogP) is 3.20. The molecule has 4 heterocycles. The average molecular weight is 464 g/mol. The molecule has 8 heteroatoms. The van der Waals surface area contributed by atoms with E-state index in [1.165, 1.54) is 6.42 Å². The second-order valence-electron chi connectivity index (χ2n) is 9.68. The molecule has 0 saturated carbocycles. The molecular formula is C26H33N5O3. The molecule has 2 amide bonds. The van der Waals surface area contributed by atoms with E-state index in [0.29, 0.717) is 37.7 Å². The van der Waals surface area contributed by atoms with Crippen molar-refractivity contribution in [2.24, 2.45) is 0 Å². The molecule has 0 unspecified atom stereocenters. The maximum absolute atomic E-state index is 13.5. The number of para-hydroxylation sites is 1. The Balaban J connectivity index is 1.30. The molecule has 180 valence electrons. The quantitative estimate of drug-likeness (QED) is 0.696. The van der Waals surface area contributed by atoms with Crippen molar-refractivity contribution >= 4 is 23.5 Å². The van der Waals surface area contributed by atoms with Crippen LogP contribution in [0.15, 0.2) is 36.4 Å². The molecule has 1 spiro atoms. The second-order valence-corrected chi connectivity index (χ2v) is 9.68. The van der Waals surface area contributed by atoms with Crippen LogP contribution in [-0.2, 0) is 9.53 Å². The van der Waals surface area contributed by atoms with Gasteiger partial charge in [0.1, 0.15) is 12.3 Å². The minimum absolute atomic E-state index is 0.0179. The van der Waals surface area contributed by atoms with E-state index in [1.807, 2.05) is 47.1 Å². The van der Waals surface area contributed by atoms with Gasteiger partial charge >= 0.3 is 0 Å². The van der Waals surface area contributed by atoms with E-state index < -0.39 is 5.60 Å². The maximum atomic E-state index is 13.5. The first-order chi connectivity index (χ1) is 16.5. The molecule has 3 saturated heterocycles. The van der Waals surface area contributed by atoms with Gasteiger partial charge in [-0.05, 0) is 63.6 Å². The lowest BCUT2D eigenvalue weighted by Gasteiger charge is -2.42. The fraction of sp³-hybridized carbons (Fsp3) is 0.538. The minimum atomic E-state index is -0.431. The van der Waals surface area contributed by atoms with Crippen LogP contribution >= 0.6 is 0 Å². The van der Waals surface area contributed by atoms with Gasteiger partial charge in [0, 0.05) is 37.6 Å². The highest BCUT2D eigenvalue weighted by atomic mass is 16.5. The van der Waals surface area contributed by atoms with Crippen LogP contribution in [0, 0.1) is 6.92 Å². The fourth-order valence-electron chi connectivity index (χ4n) is 5.29. The maximum Gasteiger partial charge on any atom is 0.272 e. The van der Waals surface area contributed by atoms with Crippen LogP contribution in [0.2, 0.25) is 0 Å². The van der Waals surface area contributed by atoms with Gasteiger partial charge in [0.05, 0.1) is 12.1 Å². The monoisotopic (exact) mass is 463 g/mol.